The molecule has 3 aromatic carbocycles. The van der Waals surface area contributed by atoms with Crippen LogP contribution in [0.1, 0.15) is 29.8 Å². The maximum atomic E-state index is 13.3. The van der Waals surface area contributed by atoms with Gasteiger partial charge >= 0.3 is 0 Å². The lowest BCUT2D eigenvalue weighted by atomic mass is 10.1. The van der Waals surface area contributed by atoms with Crippen molar-refractivity contribution in [3.8, 4) is 17.0 Å². The van der Waals surface area contributed by atoms with E-state index in [1.54, 1.807) is 36.9 Å². The van der Waals surface area contributed by atoms with Crippen LogP contribution in [0.15, 0.2) is 71.8 Å². The van der Waals surface area contributed by atoms with Gasteiger partial charge in [0.15, 0.2) is 5.78 Å². The molecule has 0 radical (unpaired) electrons. The predicted molar refractivity (Wildman–Crippen MR) is 122 cm³/mol. The van der Waals surface area contributed by atoms with Crippen LogP contribution in [-0.4, -0.2) is 22.6 Å². The van der Waals surface area contributed by atoms with Gasteiger partial charge in [-0.15, -0.1) is 10.2 Å². The topological polar surface area (TPSA) is 52.1 Å². The largest absolute Gasteiger partial charge is 0.494 e. The van der Waals surface area contributed by atoms with Crippen LogP contribution >= 0.6 is 11.8 Å². The van der Waals surface area contributed by atoms with E-state index in [1.165, 1.54) is 12.1 Å². The van der Waals surface area contributed by atoms with Gasteiger partial charge < -0.3 is 4.74 Å². The molecule has 0 N–H and O–H groups in total. The molecule has 4 nitrogen and oxygen atoms in total. The average Bonchev–Trinajstić information content (AvgIpc) is 2.79. The number of aromatic nitrogens is 2. The Labute approximate surface area is 184 Å². The van der Waals surface area contributed by atoms with E-state index in [-0.39, 0.29) is 11.6 Å². The fourth-order valence-corrected chi connectivity index (χ4v) is 4.31. The van der Waals surface area contributed by atoms with Crippen LogP contribution < -0.4 is 4.74 Å². The summed E-state index contributed by atoms with van der Waals surface area (Å²) in [5.41, 5.74) is 3.12. The number of nitrogens with zero attached hydrogens (tertiary/aromatic N) is 2. The summed E-state index contributed by atoms with van der Waals surface area (Å²) >= 11 is 1.54. The van der Waals surface area contributed by atoms with E-state index in [0.29, 0.717) is 23.6 Å². The van der Waals surface area contributed by atoms with Crippen molar-refractivity contribution in [2.45, 2.75) is 24.6 Å². The van der Waals surface area contributed by atoms with Gasteiger partial charge in [-0.1, -0.05) is 36.0 Å². The van der Waals surface area contributed by atoms with Crippen molar-refractivity contribution in [2.24, 2.45) is 0 Å². The van der Waals surface area contributed by atoms with E-state index < -0.39 is 0 Å². The first-order valence-corrected chi connectivity index (χ1v) is 11.0. The van der Waals surface area contributed by atoms with Crippen LogP contribution in [0.25, 0.3) is 22.0 Å². The van der Waals surface area contributed by atoms with E-state index in [4.69, 9.17) is 4.74 Å². The van der Waals surface area contributed by atoms with E-state index in [2.05, 4.69) is 10.2 Å². The van der Waals surface area contributed by atoms with Crippen LogP contribution in [0.5, 0.6) is 5.75 Å². The highest BCUT2D eigenvalue weighted by atomic mass is 32.2. The molecule has 0 spiro atoms. The lowest BCUT2D eigenvalue weighted by Gasteiger charge is -2.12. The molecule has 4 aromatic rings. The smallest absolute Gasteiger partial charge is 0.159 e. The van der Waals surface area contributed by atoms with E-state index in [1.807, 2.05) is 43.3 Å². The zero-order chi connectivity index (χ0) is 21.8. The molecular weight excluding hydrogens is 411 g/mol. The third-order valence-electron chi connectivity index (χ3n) is 4.90. The molecule has 1 aromatic heterocycles. The summed E-state index contributed by atoms with van der Waals surface area (Å²) in [6.45, 7) is 4.04. The standard InChI is InChI=1S/C25H21FN2O2S/c1-3-30-23-13-10-18(16(2)29)14-19(23)15-31-25-22-7-5-4-6-21(22)24(27-28-25)17-8-11-20(26)12-9-17/h4-14H,3,15H2,1-2H3. The van der Waals surface area contributed by atoms with Gasteiger partial charge in [-0.25, -0.2) is 4.39 Å². The molecule has 0 saturated carbocycles. The lowest BCUT2D eigenvalue weighted by molar-refractivity contribution is 0.101. The third kappa shape index (κ3) is 4.59. The van der Waals surface area contributed by atoms with Gasteiger partial charge in [0, 0.05) is 33.2 Å². The van der Waals surface area contributed by atoms with Crippen molar-refractivity contribution in [1.82, 2.24) is 10.2 Å². The first-order valence-electron chi connectivity index (χ1n) is 9.97. The molecule has 0 aliphatic rings. The van der Waals surface area contributed by atoms with E-state index >= 15 is 0 Å². The fraction of sp³-hybridized carbons (Fsp3) is 0.160. The van der Waals surface area contributed by atoms with E-state index in [9.17, 15) is 9.18 Å². The highest BCUT2D eigenvalue weighted by Crippen LogP contribution is 2.35. The molecule has 0 aliphatic heterocycles. The van der Waals surface area contributed by atoms with Crippen LogP contribution in [0, 0.1) is 5.82 Å². The Bertz CT molecular complexity index is 1240. The normalized spacial score (nSPS) is 10.9. The van der Waals surface area contributed by atoms with Gasteiger partial charge in [-0.3, -0.25) is 4.79 Å². The lowest BCUT2D eigenvalue weighted by Crippen LogP contribution is -2.00. The summed E-state index contributed by atoms with van der Waals surface area (Å²) < 4.78 is 19.1. The molecule has 156 valence electrons. The van der Waals surface area contributed by atoms with Crippen molar-refractivity contribution >= 4 is 28.3 Å². The second kappa shape index (κ2) is 9.27. The summed E-state index contributed by atoms with van der Waals surface area (Å²) in [6.07, 6.45) is 0. The van der Waals surface area contributed by atoms with Gasteiger partial charge in [0.1, 0.15) is 22.3 Å². The third-order valence-corrected chi connectivity index (χ3v) is 5.93. The Balaban J connectivity index is 1.69. The highest BCUT2D eigenvalue weighted by molar-refractivity contribution is 7.98. The van der Waals surface area contributed by atoms with E-state index in [0.717, 1.165) is 32.7 Å². The maximum absolute atomic E-state index is 13.3. The van der Waals surface area contributed by atoms with Crippen molar-refractivity contribution in [3.05, 3.63) is 83.7 Å². The molecule has 0 bridgehead atoms. The number of ketones is 1. The monoisotopic (exact) mass is 432 g/mol. The second-order valence-corrected chi connectivity index (χ2v) is 7.97. The summed E-state index contributed by atoms with van der Waals surface area (Å²) in [4.78, 5) is 11.8. The Morgan fingerprint density at radius 1 is 1.00 bits per heavy atom. The molecule has 1 heterocycles. The van der Waals surface area contributed by atoms with Crippen LogP contribution in [-0.2, 0) is 5.75 Å². The zero-order valence-corrected chi connectivity index (χ0v) is 18.1. The van der Waals surface area contributed by atoms with Gasteiger partial charge in [0.25, 0.3) is 0 Å². The Hall–Kier alpha value is -3.25. The van der Waals surface area contributed by atoms with Crippen molar-refractivity contribution < 1.29 is 13.9 Å². The van der Waals surface area contributed by atoms with Gasteiger partial charge in [-0.05, 0) is 56.3 Å². The minimum Gasteiger partial charge on any atom is -0.494 e. The van der Waals surface area contributed by atoms with Crippen LogP contribution in [0.3, 0.4) is 0 Å². The number of ether oxygens (including phenoxy) is 1. The second-order valence-electron chi connectivity index (χ2n) is 7.01. The van der Waals surface area contributed by atoms with Crippen molar-refractivity contribution in [2.75, 3.05) is 6.61 Å². The number of thioether (sulfide) groups is 1. The predicted octanol–water partition coefficient (Wildman–Crippen LogP) is 6.33. The van der Waals surface area contributed by atoms with Crippen molar-refractivity contribution in [3.63, 3.8) is 0 Å². The minimum absolute atomic E-state index is 0.0168. The van der Waals surface area contributed by atoms with Crippen molar-refractivity contribution in [1.29, 1.82) is 0 Å². The van der Waals surface area contributed by atoms with Crippen LogP contribution in [0.4, 0.5) is 4.39 Å². The number of hydrogen-bond donors (Lipinski definition) is 0. The first-order chi connectivity index (χ1) is 15.1. The molecule has 4 rings (SSSR count). The molecule has 0 aliphatic carbocycles. The number of fused-ring (bicyclic) bond motifs is 1. The molecule has 0 atom stereocenters. The Morgan fingerprint density at radius 2 is 1.74 bits per heavy atom. The number of carbonyl (C=O) groups is 1. The fourth-order valence-electron chi connectivity index (χ4n) is 3.36. The average molecular weight is 433 g/mol. The molecule has 31 heavy (non-hydrogen) atoms. The number of carbonyl (C=O) groups excluding carboxylic acids is 1. The van der Waals surface area contributed by atoms with Gasteiger partial charge in [0.05, 0.1) is 6.61 Å². The summed E-state index contributed by atoms with van der Waals surface area (Å²) in [5.74, 6) is 1.08. The van der Waals surface area contributed by atoms with Gasteiger partial charge in [0.2, 0.25) is 0 Å². The first kappa shape index (κ1) is 21.0. The number of hydrogen-bond acceptors (Lipinski definition) is 5. The number of Topliss-reactive ketones (excluding diaryl/α,β-unsaturated/α-hetero) is 1. The molecule has 6 heteroatoms. The molecule has 0 fully saturated rings. The van der Waals surface area contributed by atoms with Gasteiger partial charge in [-0.2, -0.15) is 0 Å². The number of halogens is 1. The highest BCUT2D eigenvalue weighted by Gasteiger charge is 2.14. The summed E-state index contributed by atoms with van der Waals surface area (Å²) in [7, 11) is 0. The minimum atomic E-state index is -0.286. The quantitative estimate of drug-likeness (QED) is 0.252. The zero-order valence-electron chi connectivity index (χ0n) is 17.3. The maximum Gasteiger partial charge on any atom is 0.159 e. The SMILES string of the molecule is CCOc1ccc(C(C)=O)cc1CSc1nnc(-c2ccc(F)cc2)c2ccccc12. The Kier molecular flexibility index (Phi) is 6.28. The Morgan fingerprint density at radius 3 is 2.45 bits per heavy atom. The molecular formula is C25H21FN2O2S. The molecule has 0 saturated heterocycles. The summed E-state index contributed by atoms with van der Waals surface area (Å²) in [6, 6.07) is 19.7. The van der Waals surface area contributed by atoms with Crippen LogP contribution in [0.2, 0.25) is 0 Å². The number of benzene rings is 3. The summed E-state index contributed by atoms with van der Waals surface area (Å²) in [5, 5.41) is 11.6. The molecule has 0 unspecified atom stereocenters. The number of rotatable bonds is 7. The molecule has 0 amide bonds.